The Labute approximate surface area is 310 Å². The van der Waals surface area contributed by atoms with E-state index in [0.717, 1.165) is 55.0 Å². The van der Waals surface area contributed by atoms with Crippen LogP contribution in [0.2, 0.25) is 0 Å². The Hall–Kier alpha value is -7.16. The van der Waals surface area contributed by atoms with E-state index < -0.39 is 0 Å². The highest BCUT2D eigenvalue weighted by Crippen LogP contribution is 2.47. The first-order valence-corrected chi connectivity index (χ1v) is 18.5. The molecule has 0 amide bonds. The summed E-state index contributed by atoms with van der Waals surface area (Å²) >= 11 is 0. The summed E-state index contributed by atoms with van der Waals surface area (Å²) in [7, 11) is 0. The Balaban J connectivity index is 1.06. The second kappa shape index (κ2) is 11.2. The Morgan fingerprint density at radius 2 is 0.741 bits per heavy atom. The van der Waals surface area contributed by atoms with Crippen molar-refractivity contribution in [1.82, 2.24) is 0 Å². The van der Waals surface area contributed by atoms with Crippen molar-refractivity contribution in [3.8, 4) is 33.4 Å². The van der Waals surface area contributed by atoms with Crippen molar-refractivity contribution in [3.05, 3.63) is 182 Å². The first kappa shape index (κ1) is 29.4. The van der Waals surface area contributed by atoms with Crippen LogP contribution in [0.1, 0.15) is 0 Å². The van der Waals surface area contributed by atoms with E-state index in [1.54, 1.807) is 0 Å². The van der Waals surface area contributed by atoms with E-state index in [1.807, 2.05) is 24.3 Å². The number of hydrogen-bond acceptors (Lipinski definition) is 2. The molecule has 0 bridgehead atoms. The smallest absolute Gasteiger partial charge is 0.136 e. The lowest BCUT2D eigenvalue weighted by atomic mass is 9.85. The average Bonchev–Trinajstić information content (AvgIpc) is 3.81. The number of fused-ring (bicyclic) bond motifs is 12. The van der Waals surface area contributed by atoms with Crippen LogP contribution in [0, 0.1) is 0 Å². The highest BCUT2D eigenvalue weighted by Gasteiger charge is 2.21. The molecule has 0 aliphatic carbocycles. The summed E-state index contributed by atoms with van der Waals surface area (Å²) in [4.78, 5) is 0. The summed E-state index contributed by atoms with van der Waals surface area (Å²) < 4.78 is 13.0. The van der Waals surface area contributed by atoms with E-state index in [-0.39, 0.29) is 0 Å². The van der Waals surface area contributed by atoms with Crippen LogP contribution in [0.25, 0.3) is 120 Å². The van der Waals surface area contributed by atoms with Gasteiger partial charge in [0.25, 0.3) is 0 Å². The Morgan fingerprint density at radius 1 is 0.259 bits per heavy atom. The van der Waals surface area contributed by atoms with Gasteiger partial charge in [0, 0.05) is 21.5 Å². The quantitative estimate of drug-likeness (QED) is 0.173. The van der Waals surface area contributed by atoms with Crippen LogP contribution in [-0.2, 0) is 0 Å². The summed E-state index contributed by atoms with van der Waals surface area (Å²) in [5.74, 6) is 0. The zero-order valence-electron chi connectivity index (χ0n) is 29.1. The predicted molar refractivity (Wildman–Crippen MR) is 227 cm³/mol. The van der Waals surface area contributed by atoms with Gasteiger partial charge in [-0.1, -0.05) is 152 Å². The van der Waals surface area contributed by atoms with Crippen molar-refractivity contribution < 1.29 is 8.83 Å². The van der Waals surface area contributed by atoms with E-state index in [0.29, 0.717) is 0 Å². The Bertz CT molecular complexity index is 3430. The third-order valence-electron chi connectivity index (χ3n) is 11.4. The van der Waals surface area contributed by atoms with Gasteiger partial charge < -0.3 is 8.83 Å². The molecule has 0 unspecified atom stereocenters. The highest BCUT2D eigenvalue weighted by molar-refractivity contribution is 6.32. The molecule has 0 saturated carbocycles. The second-order valence-electron chi connectivity index (χ2n) is 14.3. The van der Waals surface area contributed by atoms with Gasteiger partial charge in [-0.3, -0.25) is 0 Å². The lowest BCUT2D eigenvalue weighted by Crippen LogP contribution is -1.91. The molecule has 0 atom stereocenters. The monoisotopic (exact) mass is 686 g/mol. The maximum absolute atomic E-state index is 6.67. The van der Waals surface area contributed by atoms with E-state index in [1.165, 1.54) is 65.3 Å². The molecule has 2 heterocycles. The van der Waals surface area contributed by atoms with Crippen molar-refractivity contribution >= 4 is 87.0 Å². The van der Waals surface area contributed by atoms with Gasteiger partial charge >= 0.3 is 0 Å². The van der Waals surface area contributed by atoms with E-state index in [9.17, 15) is 0 Å². The van der Waals surface area contributed by atoms with Crippen LogP contribution in [0.15, 0.2) is 191 Å². The van der Waals surface area contributed by atoms with Gasteiger partial charge in [-0.05, 0) is 107 Å². The molecule has 2 nitrogen and oxygen atoms in total. The van der Waals surface area contributed by atoms with Gasteiger partial charge in [-0.25, -0.2) is 0 Å². The van der Waals surface area contributed by atoms with Gasteiger partial charge in [0.1, 0.15) is 22.3 Å². The molecule has 10 aromatic carbocycles. The molecule has 0 aliphatic rings. The molecular formula is C52H30O2. The molecule has 54 heavy (non-hydrogen) atoms. The minimum Gasteiger partial charge on any atom is -0.456 e. The molecule has 2 aromatic heterocycles. The summed E-state index contributed by atoms with van der Waals surface area (Å²) in [5, 5.41) is 14.3. The van der Waals surface area contributed by atoms with Crippen molar-refractivity contribution in [2.24, 2.45) is 0 Å². The minimum absolute atomic E-state index is 0.868. The highest BCUT2D eigenvalue weighted by atomic mass is 16.3. The van der Waals surface area contributed by atoms with Crippen molar-refractivity contribution in [2.75, 3.05) is 0 Å². The van der Waals surface area contributed by atoms with Crippen LogP contribution in [0.4, 0.5) is 0 Å². The fraction of sp³-hybridized carbons (Fsp3) is 0. The minimum atomic E-state index is 0.868. The van der Waals surface area contributed by atoms with E-state index in [4.69, 9.17) is 8.83 Å². The zero-order chi connectivity index (χ0) is 35.3. The third kappa shape index (κ3) is 4.17. The standard InChI is InChI=1S/C52H30O2/c1-2-12-34-29-35(26-21-31(34)11-1)49-40-17-7-5-15-38(40)48(39-16-6-8-18-41(39)49)33-24-22-32(23-25-33)43-30-47-50(37-14-4-3-13-36(37)43)52-46(54-47)28-27-45-51(52)42-19-9-10-20-44(42)53-45/h1-30H. The molecule has 2 heteroatoms. The van der Waals surface area contributed by atoms with E-state index >= 15 is 0 Å². The van der Waals surface area contributed by atoms with Crippen LogP contribution < -0.4 is 0 Å². The van der Waals surface area contributed by atoms with Crippen molar-refractivity contribution in [2.45, 2.75) is 0 Å². The molecule has 12 aromatic rings. The van der Waals surface area contributed by atoms with Gasteiger partial charge in [0.15, 0.2) is 0 Å². The summed E-state index contributed by atoms with van der Waals surface area (Å²) in [5.41, 5.74) is 10.8. The topological polar surface area (TPSA) is 26.3 Å². The molecule has 12 rings (SSSR count). The maximum atomic E-state index is 6.67. The lowest BCUT2D eigenvalue weighted by Gasteiger charge is -2.18. The van der Waals surface area contributed by atoms with Gasteiger partial charge in [-0.15, -0.1) is 0 Å². The average molecular weight is 687 g/mol. The summed E-state index contributed by atoms with van der Waals surface area (Å²) in [6.07, 6.45) is 0. The van der Waals surface area contributed by atoms with Crippen molar-refractivity contribution in [3.63, 3.8) is 0 Å². The van der Waals surface area contributed by atoms with Gasteiger partial charge in [0.05, 0.1) is 0 Å². The van der Waals surface area contributed by atoms with E-state index in [2.05, 4.69) is 158 Å². The zero-order valence-corrected chi connectivity index (χ0v) is 29.1. The lowest BCUT2D eigenvalue weighted by molar-refractivity contribution is 0.663. The number of para-hydroxylation sites is 1. The van der Waals surface area contributed by atoms with Gasteiger partial charge in [-0.2, -0.15) is 0 Å². The first-order valence-electron chi connectivity index (χ1n) is 18.5. The molecule has 0 spiro atoms. The second-order valence-corrected chi connectivity index (χ2v) is 14.3. The third-order valence-corrected chi connectivity index (χ3v) is 11.4. The molecular weight excluding hydrogens is 657 g/mol. The summed E-state index contributed by atoms with van der Waals surface area (Å²) in [6, 6.07) is 65.6. The Kier molecular flexibility index (Phi) is 6.09. The number of benzene rings is 10. The van der Waals surface area contributed by atoms with Crippen molar-refractivity contribution in [1.29, 1.82) is 0 Å². The summed E-state index contributed by atoms with van der Waals surface area (Å²) in [6.45, 7) is 0. The number of rotatable bonds is 3. The molecule has 0 aliphatic heterocycles. The molecule has 0 saturated heterocycles. The van der Waals surface area contributed by atoms with Gasteiger partial charge in [0.2, 0.25) is 0 Å². The molecule has 0 fully saturated rings. The largest absolute Gasteiger partial charge is 0.456 e. The van der Waals surface area contributed by atoms with Crippen LogP contribution >= 0.6 is 0 Å². The number of furan rings is 2. The van der Waals surface area contributed by atoms with Crippen LogP contribution in [0.3, 0.4) is 0 Å². The number of hydrogen-bond donors (Lipinski definition) is 0. The van der Waals surface area contributed by atoms with Crippen LogP contribution in [-0.4, -0.2) is 0 Å². The normalized spacial score (nSPS) is 12.1. The molecule has 0 radical (unpaired) electrons. The fourth-order valence-corrected chi connectivity index (χ4v) is 9.09. The SMILES string of the molecule is c1ccc2cc(-c3c4ccccc4c(-c4ccc(-c5cc6oc7ccc8oc9ccccc9c8c7c6c6ccccc56)cc4)c4ccccc34)ccc2c1. The van der Waals surface area contributed by atoms with Crippen LogP contribution in [0.5, 0.6) is 0 Å². The maximum Gasteiger partial charge on any atom is 0.136 e. The fourth-order valence-electron chi connectivity index (χ4n) is 9.09. The predicted octanol–water partition coefficient (Wildman–Crippen LogP) is 15.1. The molecule has 0 N–H and O–H groups in total. The first-order chi connectivity index (χ1) is 26.8. The Morgan fingerprint density at radius 3 is 1.44 bits per heavy atom. The molecule has 250 valence electrons.